The fourth-order valence-electron chi connectivity index (χ4n) is 2.89. The normalized spacial score (nSPS) is 21.2. The van der Waals surface area contributed by atoms with Gasteiger partial charge in [-0.3, -0.25) is 4.90 Å². The monoisotopic (exact) mass is 331 g/mol. The van der Waals surface area contributed by atoms with Crippen LogP contribution in [-0.2, 0) is 0 Å². The third kappa shape index (κ3) is 4.75. The van der Waals surface area contributed by atoms with Crippen LogP contribution in [0.1, 0.15) is 32.6 Å². The number of piperidine rings is 1. The lowest BCUT2D eigenvalue weighted by atomic mass is 10.00. The maximum Gasteiger partial charge on any atom is 0.156 e. The molecular formula is C16H23Cl2NO2. The summed E-state index contributed by atoms with van der Waals surface area (Å²) < 4.78 is 5.60. The number of benzene rings is 1. The number of hydrogen-bond acceptors (Lipinski definition) is 3. The van der Waals surface area contributed by atoms with E-state index in [0.717, 1.165) is 13.0 Å². The van der Waals surface area contributed by atoms with E-state index in [1.165, 1.54) is 19.3 Å². The van der Waals surface area contributed by atoms with Gasteiger partial charge in [0.05, 0.1) is 10.0 Å². The van der Waals surface area contributed by atoms with Crippen molar-refractivity contribution in [3.05, 3.63) is 28.2 Å². The van der Waals surface area contributed by atoms with Gasteiger partial charge in [-0.25, -0.2) is 0 Å². The van der Waals surface area contributed by atoms with E-state index in [0.29, 0.717) is 28.4 Å². The molecule has 118 valence electrons. The number of hydrogen-bond donors (Lipinski definition) is 1. The highest BCUT2D eigenvalue weighted by molar-refractivity contribution is 6.37. The molecule has 5 heteroatoms. The van der Waals surface area contributed by atoms with E-state index >= 15 is 0 Å². The van der Waals surface area contributed by atoms with E-state index < -0.39 is 6.10 Å². The van der Waals surface area contributed by atoms with Crippen LogP contribution >= 0.6 is 23.2 Å². The lowest BCUT2D eigenvalue weighted by molar-refractivity contribution is 0.0388. The first kappa shape index (κ1) is 16.9. The Balaban J connectivity index is 1.85. The van der Waals surface area contributed by atoms with Crippen molar-refractivity contribution < 1.29 is 9.84 Å². The van der Waals surface area contributed by atoms with Crippen LogP contribution in [0.5, 0.6) is 5.75 Å². The molecule has 1 aliphatic rings. The van der Waals surface area contributed by atoms with Gasteiger partial charge in [0, 0.05) is 12.6 Å². The highest BCUT2D eigenvalue weighted by atomic mass is 35.5. The number of aliphatic hydroxyl groups excluding tert-OH is 1. The summed E-state index contributed by atoms with van der Waals surface area (Å²) in [5, 5.41) is 11.1. The zero-order chi connectivity index (χ0) is 15.2. The topological polar surface area (TPSA) is 32.7 Å². The van der Waals surface area contributed by atoms with E-state index in [9.17, 15) is 5.11 Å². The largest absolute Gasteiger partial charge is 0.488 e. The second-order valence-electron chi connectivity index (χ2n) is 5.57. The molecule has 0 saturated carbocycles. The van der Waals surface area contributed by atoms with Gasteiger partial charge < -0.3 is 9.84 Å². The molecule has 1 aromatic rings. The second-order valence-corrected chi connectivity index (χ2v) is 6.38. The Morgan fingerprint density at radius 1 is 1.33 bits per heavy atom. The quantitative estimate of drug-likeness (QED) is 0.855. The fourth-order valence-corrected chi connectivity index (χ4v) is 3.39. The van der Waals surface area contributed by atoms with E-state index in [2.05, 4.69) is 11.8 Å². The summed E-state index contributed by atoms with van der Waals surface area (Å²) in [5.74, 6) is 0.450. The first-order valence-electron chi connectivity index (χ1n) is 7.60. The molecule has 0 amide bonds. The SMILES string of the molecule is CC[C@@H]1CCCCN1C[C@@H](O)COc1c(Cl)cccc1Cl. The maximum absolute atomic E-state index is 10.2. The molecule has 0 spiro atoms. The summed E-state index contributed by atoms with van der Waals surface area (Å²) in [7, 11) is 0. The minimum absolute atomic E-state index is 0.205. The highest BCUT2D eigenvalue weighted by Crippen LogP contribution is 2.32. The Labute approximate surface area is 136 Å². The van der Waals surface area contributed by atoms with Gasteiger partial charge in [-0.15, -0.1) is 0 Å². The van der Waals surface area contributed by atoms with Crippen molar-refractivity contribution in [2.45, 2.75) is 44.8 Å². The second kappa shape index (κ2) is 8.23. The van der Waals surface area contributed by atoms with Crippen molar-refractivity contribution in [3.8, 4) is 5.75 Å². The Bertz CT molecular complexity index is 436. The molecule has 0 aliphatic carbocycles. The molecule has 2 atom stereocenters. The minimum Gasteiger partial charge on any atom is -0.488 e. The number of nitrogens with zero attached hydrogens (tertiary/aromatic N) is 1. The average molecular weight is 332 g/mol. The van der Waals surface area contributed by atoms with Crippen LogP contribution in [-0.4, -0.2) is 41.8 Å². The molecule has 3 nitrogen and oxygen atoms in total. The summed E-state index contributed by atoms with van der Waals surface area (Å²) >= 11 is 12.1. The zero-order valence-electron chi connectivity index (χ0n) is 12.4. The summed E-state index contributed by atoms with van der Waals surface area (Å²) in [6, 6.07) is 5.81. The third-order valence-electron chi connectivity index (χ3n) is 4.00. The smallest absolute Gasteiger partial charge is 0.156 e. The number of halogens is 2. The molecular weight excluding hydrogens is 309 g/mol. The summed E-state index contributed by atoms with van der Waals surface area (Å²) in [5.41, 5.74) is 0. The lowest BCUT2D eigenvalue weighted by Gasteiger charge is -2.36. The van der Waals surface area contributed by atoms with Crippen LogP contribution in [0.2, 0.25) is 10.0 Å². The van der Waals surface area contributed by atoms with Gasteiger partial charge in [-0.2, -0.15) is 0 Å². The first-order valence-corrected chi connectivity index (χ1v) is 8.36. The fraction of sp³-hybridized carbons (Fsp3) is 0.625. The minimum atomic E-state index is -0.538. The Hall–Kier alpha value is -0.480. The summed E-state index contributed by atoms with van der Waals surface area (Å²) in [6.45, 7) is 4.11. The first-order chi connectivity index (χ1) is 10.1. The van der Waals surface area contributed by atoms with Crippen LogP contribution in [0, 0.1) is 0 Å². The average Bonchev–Trinajstić information content (AvgIpc) is 2.47. The van der Waals surface area contributed by atoms with Gasteiger partial charge in [0.15, 0.2) is 5.75 Å². The molecule has 1 heterocycles. The van der Waals surface area contributed by atoms with E-state index in [4.69, 9.17) is 27.9 Å². The molecule has 1 N–H and O–H groups in total. The number of para-hydroxylation sites is 1. The van der Waals surface area contributed by atoms with Crippen LogP contribution in [0.15, 0.2) is 18.2 Å². The van der Waals surface area contributed by atoms with Crippen molar-refractivity contribution in [3.63, 3.8) is 0 Å². The maximum atomic E-state index is 10.2. The van der Waals surface area contributed by atoms with Crippen LogP contribution in [0.3, 0.4) is 0 Å². The van der Waals surface area contributed by atoms with Gasteiger partial charge in [-0.1, -0.05) is 42.6 Å². The van der Waals surface area contributed by atoms with E-state index in [-0.39, 0.29) is 6.61 Å². The Morgan fingerprint density at radius 3 is 2.71 bits per heavy atom. The third-order valence-corrected chi connectivity index (χ3v) is 4.60. The summed E-state index contributed by atoms with van der Waals surface area (Å²) in [6.07, 6.45) is 4.31. The van der Waals surface area contributed by atoms with Crippen LogP contribution < -0.4 is 4.74 Å². The lowest BCUT2D eigenvalue weighted by Crippen LogP contribution is -2.44. The molecule has 0 aromatic heterocycles. The number of likely N-dealkylation sites (tertiary alicyclic amines) is 1. The molecule has 1 aliphatic heterocycles. The van der Waals surface area contributed by atoms with Gasteiger partial charge in [0.1, 0.15) is 12.7 Å². The molecule has 0 unspecified atom stereocenters. The van der Waals surface area contributed by atoms with Crippen molar-refractivity contribution in [2.75, 3.05) is 19.7 Å². The molecule has 21 heavy (non-hydrogen) atoms. The molecule has 1 fully saturated rings. The Kier molecular flexibility index (Phi) is 6.62. The molecule has 2 rings (SSSR count). The van der Waals surface area contributed by atoms with Crippen molar-refractivity contribution in [1.29, 1.82) is 0 Å². The van der Waals surface area contributed by atoms with Gasteiger partial charge >= 0.3 is 0 Å². The van der Waals surface area contributed by atoms with Gasteiger partial charge in [0.25, 0.3) is 0 Å². The summed E-state index contributed by atoms with van der Waals surface area (Å²) in [4.78, 5) is 2.37. The van der Waals surface area contributed by atoms with Crippen LogP contribution in [0.4, 0.5) is 0 Å². The highest BCUT2D eigenvalue weighted by Gasteiger charge is 2.23. The molecule has 0 bridgehead atoms. The van der Waals surface area contributed by atoms with Crippen molar-refractivity contribution in [1.82, 2.24) is 4.90 Å². The predicted molar refractivity (Wildman–Crippen MR) is 87.5 cm³/mol. The number of rotatable bonds is 6. The van der Waals surface area contributed by atoms with Gasteiger partial charge in [0.2, 0.25) is 0 Å². The Morgan fingerprint density at radius 2 is 2.05 bits per heavy atom. The molecule has 1 saturated heterocycles. The van der Waals surface area contributed by atoms with Crippen molar-refractivity contribution >= 4 is 23.2 Å². The molecule has 0 radical (unpaired) electrons. The molecule has 1 aromatic carbocycles. The number of β-amino-alcohol motifs (C(OH)–C–C–N with tert-alkyl or cyclic N) is 1. The van der Waals surface area contributed by atoms with Crippen LogP contribution in [0.25, 0.3) is 0 Å². The predicted octanol–water partition coefficient (Wildman–Crippen LogP) is 4.00. The standard InChI is InChI=1S/C16H23Cl2NO2/c1-2-12-6-3-4-9-19(12)10-13(20)11-21-16-14(17)7-5-8-15(16)18/h5,7-8,12-13,20H,2-4,6,9-11H2,1H3/t12-,13-/m1/s1. The van der Waals surface area contributed by atoms with E-state index in [1.807, 2.05) is 0 Å². The van der Waals surface area contributed by atoms with Gasteiger partial charge in [-0.05, 0) is 37.9 Å². The van der Waals surface area contributed by atoms with Crippen molar-refractivity contribution in [2.24, 2.45) is 0 Å². The van der Waals surface area contributed by atoms with E-state index in [1.54, 1.807) is 18.2 Å². The zero-order valence-corrected chi connectivity index (χ0v) is 13.9. The number of ether oxygens (including phenoxy) is 1. The number of aliphatic hydroxyl groups is 1.